The van der Waals surface area contributed by atoms with Crippen molar-refractivity contribution >= 4 is 87.5 Å². The average Bonchev–Trinajstić information content (AvgIpc) is 1.42. The zero-order valence-electron chi connectivity index (χ0n) is 59.9. The quantitative estimate of drug-likeness (QED) is 0.0134. The van der Waals surface area contributed by atoms with Crippen LogP contribution in [0.15, 0.2) is 61.7 Å². The summed E-state index contributed by atoms with van der Waals surface area (Å²) in [6.07, 6.45) is 7.95. The number of aromatic carboxylic acids is 1. The van der Waals surface area contributed by atoms with E-state index < -0.39 is 118 Å². The van der Waals surface area contributed by atoms with Crippen LogP contribution >= 0.6 is 0 Å². The number of likely N-dealkylation sites (tertiary alicyclic amines) is 2. The summed E-state index contributed by atoms with van der Waals surface area (Å²) in [7, 11) is 2.47. The third kappa shape index (κ3) is 17.1. The number of carbonyl (C=O) groups is 10. The number of fused-ring (bicyclic) bond motifs is 2. The van der Waals surface area contributed by atoms with Crippen molar-refractivity contribution in [2.45, 2.75) is 206 Å². The van der Waals surface area contributed by atoms with Gasteiger partial charge in [-0.25, -0.2) is 29.1 Å². The zero-order chi connectivity index (χ0) is 73.1. The summed E-state index contributed by atoms with van der Waals surface area (Å²) < 4.78 is 34.1. The molecule has 101 heavy (non-hydrogen) atoms. The van der Waals surface area contributed by atoms with Gasteiger partial charge in [0.25, 0.3) is 5.78 Å². The number of ether oxygens (including phenoxy) is 6. The molecule has 4 heterocycles. The molecule has 4 aromatic rings. The van der Waals surface area contributed by atoms with Crippen LogP contribution in [0.4, 0.5) is 9.59 Å². The number of aromatic nitrogens is 2. The Hall–Kier alpha value is -8.78. The SMILES string of the molecule is C=C[C@@H]1C[C@]1(NC(=O)[C@@H]1C[C@@H](Oc2cc(C(=O)C=[N+]=[N-])nc3c(C)c(C)ccc23)CN1C(=O)[C@@H](NC(=O)OC1CCCC1)C(C)(C)C)C(=O)OC.C=C[C@@H]1C[C@]1(NC(=O)[C@@H]1C[C@@H](Oc2cc(C(=O)[O-])nc3c(C)c(C)ccc23)CN1C(=O)[C@@H](NC(=O)OC1CCCC1)C(C)(C)C)C(=O)OC.[Na+]. The molecule has 6 aliphatic rings. The Labute approximate surface area is 609 Å². The molecule has 10 atom stereocenters. The average molecular weight is 1400 g/mol. The number of benzene rings is 2. The maximum atomic E-state index is 14.5. The van der Waals surface area contributed by atoms with Crippen molar-refractivity contribution in [3.05, 3.63) is 101 Å². The Morgan fingerprint density at radius 1 is 0.614 bits per heavy atom. The van der Waals surface area contributed by atoms with Gasteiger partial charge < -0.3 is 74.9 Å². The fourth-order valence-electron chi connectivity index (χ4n) is 13.9. The molecule has 2 aromatic heterocycles. The van der Waals surface area contributed by atoms with Gasteiger partial charge in [0.15, 0.2) is 0 Å². The van der Waals surface area contributed by atoms with Crippen LogP contribution in [-0.2, 0) is 47.7 Å². The molecule has 0 spiro atoms. The summed E-state index contributed by atoms with van der Waals surface area (Å²) in [4.78, 5) is 148. The van der Waals surface area contributed by atoms with Crippen LogP contribution in [0.3, 0.4) is 0 Å². The smallest absolute Gasteiger partial charge is 0.543 e. The Kier molecular flexibility index (Phi) is 24.4. The summed E-state index contributed by atoms with van der Waals surface area (Å²) in [6.45, 7) is 25.7. The van der Waals surface area contributed by atoms with Crippen molar-refractivity contribution in [2.24, 2.45) is 22.7 Å². The first kappa shape index (κ1) is 77.9. The molecule has 0 radical (unpaired) electrons. The van der Waals surface area contributed by atoms with E-state index in [1.165, 1.54) is 36.2 Å². The molecule has 27 nitrogen and oxygen atoms in total. The number of esters is 2. The molecule has 4 saturated carbocycles. The molecule has 2 aliphatic heterocycles. The first-order valence-corrected chi connectivity index (χ1v) is 33.9. The fraction of sp³-hybridized carbons (Fsp3) is 0.548. The number of hydrogen-bond donors (Lipinski definition) is 4. The second-order valence-electron chi connectivity index (χ2n) is 29.2. The molecule has 4 N–H and O–H groups in total. The molecule has 2 saturated heterocycles. The number of methoxy groups -OCH3 is 2. The van der Waals surface area contributed by atoms with Crippen molar-refractivity contribution in [3.63, 3.8) is 0 Å². The monoisotopic (exact) mass is 1400 g/mol. The first-order valence-electron chi connectivity index (χ1n) is 33.9. The van der Waals surface area contributed by atoms with E-state index in [1.54, 1.807) is 59.8 Å². The van der Waals surface area contributed by atoms with Gasteiger partial charge in [0.1, 0.15) is 76.9 Å². The largest absolute Gasteiger partial charge is 1.00 e. The van der Waals surface area contributed by atoms with Gasteiger partial charge in [0.2, 0.25) is 23.6 Å². The van der Waals surface area contributed by atoms with Crippen molar-refractivity contribution in [1.29, 1.82) is 0 Å². The number of amides is 6. The van der Waals surface area contributed by atoms with Crippen LogP contribution < -0.4 is 65.4 Å². The summed E-state index contributed by atoms with van der Waals surface area (Å²) in [5.41, 5.74) is 8.82. The van der Waals surface area contributed by atoms with Gasteiger partial charge in [-0.1, -0.05) is 65.8 Å². The molecule has 28 heteroatoms. The number of nitrogens with zero attached hydrogens (tertiary/aromatic N) is 6. The Bertz CT molecular complexity index is 4000. The number of pyridine rings is 2. The zero-order valence-corrected chi connectivity index (χ0v) is 61.9. The van der Waals surface area contributed by atoms with Gasteiger partial charge in [-0.3, -0.25) is 24.0 Å². The van der Waals surface area contributed by atoms with E-state index in [1.807, 2.05) is 45.9 Å². The summed E-state index contributed by atoms with van der Waals surface area (Å²) in [6, 6.07) is 5.69. The third-order valence-electron chi connectivity index (χ3n) is 20.1. The van der Waals surface area contributed by atoms with E-state index in [4.69, 9.17) is 34.0 Å². The summed E-state index contributed by atoms with van der Waals surface area (Å²) >= 11 is 0. The van der Waals surface area contributed by atoms with E-state index in [2.05, 4.69) is 49.2 Å². The van der Waals surface area contributed by atoms with E-state index in [0.29, 0.717) is 34.6 Å². The standard InChI is InChI=1S/C37H46N6O8.C36H46N4O9.Na/c1-8-22-17-37(22,34(47)49-7)42-32(45)27-15-24(19-43(27)33(46)31(36(4,5)6)41-35(48)51-23-11-9-10-12-23)50-29-16-26(28(44)18-39-38)40-30-21(3)20(2)13-14-25(29)30;1-8-21-17-36(21,33(45)47-7)39-30(41)26-15-23(48-27-16-25(32(43)44)37-28-20(3)19(2)13-14-24(27)28)18-40(26)31(42)29(35(4,5)6)38-34(46)49-22-11-9-10-12-22;/h8,13-14,16,18,22-24,27,31H,1,9-12,15,17,19H2,2-7H3,(H,41,48)(H,42,45);8,13-14,16,21-23,26,29H,1,9-12,15,17-18H2,2-7H3,(H,38,46)(H,39,41)(H,43,44);/q;;+1/p-1/t22-,24-,27+,31-,37-;21-,23-,26+,29-,36-;/m11./s1. The number of carboxylic acid groups (broad SMARTS) is 1. The van der Waals surface area contributed by atoms with Gasteiger partial charge in [-0.15, -0.1) is 13.2 Å². The van der Waals surface area contributed by atoms with Crippen molar-refractivity contribution in [3.8, 4) is 11.5 Å². The molecule has 10 rings (SSSR count). The molecule has 2 aromatic carbocycles. The predicted molar refractivity (Wildman–Crippen MR) is 362 cm³/mol. The number of Topliss-reactive ketones (excluding diaryl/α,β-unsaturated/α-hetero) is 1. The molecule has 536 valence electrons. The van der Waals surface area contributed by atoms with E-state index in [0.717, 1.165) is 79.8 Å². The Morgan fingerprint density at radius 2 is 0.990 bits per heavy atom. The van der Waals surface area contributed by atoms with Gasteiger partial charge in [-0.05, 0) is 137 Å². The molecule has 6 amide bonds. The third-order valence-corrected chi connectivity index (χ3v) is 20.1. The number of hydrogen-bond acceptors (Lipinski definition) is 19. The van der Waals surface area contributed by atoms with E-state index in [9.17, 15) is 53.1 Å². The second-order valence-corrected chi connectivity index (χ2v) is 29.2. The fourth-order valence-corrected chi connectivity index (χ4v) is 13.9. The second kappa shape index (κ2) is 31.6. The van der Waals surface area contributed by atoms with Crippen molar-refractivity contribution < 1.29 is 116 Å². The van der Waals surface area contributed by atoms with Crippen LogP contribution in [0.1, 0.15) is 162 Å². The van der Waals surface area contributed by atoms with Crippen molar-refractivity contribution in [1.82, 2.24) is 41.0 Å². The minimum absolute atomic E-state index is 0. The van der Waals surface area contributed by atoms with Crippen LogP contribution in [0.25, 0.3) is 27.3 Å². The van der Waals surface area contributed by atoms with Crippen LogP contribution in [-0.4, -0.2) is 177 Å². The number of nitrogens with one attached hydrogen (secondary N) is 4. The molecular weight excluding hydrogens is 1310 g/mol. The minimum Gasteiger partial charge on any atom is -0.543 e. The van der Waals surface area contributed by atoms with Gasteiger partial charge in [0, 0.05) is 47.6 Å². The number of ketones is 1. The molecule has 0 bridgehead atoms. The molecule has 4 aliphatic carbocycles. The van der Waals surface area contributed by atoms with Crippen LogP contribution in [0.5, 0.6) is 11.5 Å². The molecule has 6 fully saturated rings. The first-order chi connectivity index (χ1) is 47.2. The number of aryl methyl sites for hydroxylation is 4. The normalized spacial score (nSPS) is 23.6. The summed E-state index contributed by atoms with van der Waals surface area (Å²) in [5, 5.41) is 24.3. The molecular formula is C73H91N10NaO17. The number of carboxylic acids is 1. The Morgan fingerprint density at radius 3 is 1.33 bits per heavy atom. The maximum absolute atomic E-state index is 14.5. The number of rotatable bonds is 21. The van der Waals surface area contributed by atoms with Gasteiger partial charge in [-0.2, -0.15) is 4.79 Å². The van der Waals surface area contributed by atoms with E-state index >= 15 is 0 Å². The predicted octanol–water partition coefficient (Wildman–Crippen LogP) is 3.89. The Balaban J connectivity index is 0.000000254. The minimum atomic E-state index is -1.48. The van der Waals surface area contributed by atoms with Gasteiger partial charge in [0.05, 0.1) is 50.0 Å². The van der Waals surface area contributed by atoms with Gasteiger partial charge >= 0.3 is 59.9 Å². The van der Waals surface area contributed by atoms with Crippen LogP contribution in [0, 0.1) is 50.4 Å². The van der Waals surface area contributed by atoms with Crippen molar-refractivity contribution in [2.75, 3.05) is 27.3 Å². The van der Waals surface area contributed by atoms with E-state index in [-0.39, 0.29) is 102 Å². The number of alkyl carbamates (subject to hydrolysis) is 2. The maximum Gasteiger partial charge on any atom is 1.00 e. The molecule has 0 unspecified atom stereocenters. The van der Waals surface area contributed by atoms with Crippen LogP contribution in [0.2, 0.25) is 0 Å². The summed E-state index contributed by atoms with van der Waals surface area (Å²) in [5.74, 6) is -5.85. The number of carbonyl (C=O) groups excluding carboxylic acids is 10. The topological polar surface area (TPSA) is 366 Å².